The van der Waals surface area contributed by atoms with Crippen molar-refractivity contribution >= 4 is 34.4 Å². The molecule has 0 spiro atoms. The first-order valence-electron chi connectivity index (χ1n) is 12.8. The van der Waals surface area contributed by atoms with E-state index in [0.29, 0.717) is 23.6 Å². The van der Waals surface area contributed by atoms with E-state index >= 15 is 0 Å². The van der Waals surface area contributed by atoms with E-state index in [1.54, 1.807) is 36.4 Å². The number of hydrogen-bond acceptors (Lipinski definition) is 4. The first-order chi connectivity index (χ1) is 18.5. The highest BCUT2D eigenvalue weighted by Gasteiger charge is 2.24. The molecule has 4 aromatic carbocycles. The molecule has 4 aromatic rings. The predicted molar refractivity (Wildman–Crippen MR) is 154 cm³/mol. The molecule has 0 aromatic heterocycles. The van der Waals surface area contributed by atoms with E-state index in [-0.39, 0.29) is 12.1 Å². The average molecular weight is 546 g/mol. The number of hydrogen-bond donors (Lipinski definition) is 2. The van der Waals surface area contributed by atoms with E-state index in [2.05, 4.69) is 0 Å². The lowest BCUT2D eigenvalue weighted by Crippen LogP contribution is -2.40. The van der Waals surface area contributed by atoms with Crippen molar-refractivity contribution in [3.05, 3.63) is 107 Å². The molecule has 1 atom stereocenters. The van der Waals surface area contributed by atoms with Crippen LogP contribution in [0.1, 0.15) is 48.4 Å². The van der Waals surface area contributed by atoms with Crippen molar-refractivity contribution in [2.75, 3.05) is 13.1 Å². The van der Waals surface area contributed by atoms with Gasteiger partial charge in [-0.15, -0.1) is 0 Å². The summed E-state index contributed by atoms with van der Waals surface area (Å²) in [6, 6.07) is 26.1. The molecule has 0 saturated heterocycles. The number of aliphatic hydroxyl groups is 1. The van der Waals surface area contributed by atoms with Gasteiger partial charge in [-0.05, 0) is 90.6 Å². The van der Waals surface area contributed by atoms with E-state index in [9.17, 15) is 19.8 Å². The Bertz CT molecular complexity index is 1480. The van der Waals surface area contributed by atoms with Crippen LogP contribution in [-0.4, -0.2) is 45.9 Å². The fourth-order valence-electron chi connectivity index (χ4n) is 4.30. The molecule has 0 aliphatic rings. The molecule has 0 bridgehead atoms. The number of carboxylic acid groups (broad SMARTS) is 1. The van der Waals surface area contributed by atoms with Crippen LogP contribution in [-0.2, 0) is 11.2 Å². The van der Waals surface area contributed by atoms with Gasteiger partial charge in [-0.3, -0.25) is 0 Å². The monoisotopic (exact) mass is 545 g/mol. The van der Waals surface area contributed by atoms with E-state index in [0.717, 1.165) is 27.5 Å². The van der Waals surface area contributed by atoms with Gasteiger partial charge in [0.2, 0.25) is 0 Å². The van der Waals surface area contributed by atoms with Gasteiger partial charge < -0.3 is 19.8 Å². The lowest BCUT2D eigenvalue weighted by atomic mass is 9.98. The Kier molecular flexibility index (Phi) is 8.58. The van der Waals surface area contributed by atoms with E-state index < -0.39 is 23.8 Å². The number of ether oxygens (including phenoxy) is 1. The number of carbonyl (C=O) groups excluding carboxylic acids is 1. The molecule has 0 radical (unpaired) electrons. The van der Waals surface area contributed by atoms with Crippen LogP contribution in [0.4, 0.5) is 4.79 Å². The van der Waals surface area contributed by atoms with Gasteiger partial charge in [0.25, 0.3) is 0 Å². The van der Waals surface area contributed by atoms with Gasteiger partial charge >= 0.3 is 12.1 Å². The van der Waals surface area contributed by atoms with Crippen molar-refractivity contribution < 1.29 is 24.5 Å². The minimum absolute atomic E-state index is 0.0774. The number of carbonyl (C=O) groups is 2. The van der Waals surface area contributed by atoms with Gasteiger partial charge in [-0.2, -0.15) is 0 Å². The number of amides is 1. The quantitative estimate of drug-likeness (QED) is 0.241. The van der Waals surface area contributed by atoms with Crippen molar-refractivity contribution in [1.29, 1.82) is 0 Å². The molecule has 0 unspecified atom stereocenters. The highest BCUT2D eigenvalue weighted by atomic mass is 35.5. The second kappa shape index (κ2) is 11.9. The maximum Gasteiger partial charge on any atom is 0.410 e. The molecule has 0 heterocycles. The largest absolute Gasteiger partial charge is 0.478 e. The van der Waals surface area contributed by atoms with Gasteiger partial charge in [0, 0.05) is 11.6 Å². The summed E-state index contributed by atoms with van der Waals surface area (Å²) in [4.78, 5) is 25.7. The minimum Gasteiger partial charge on any atom is -0.478 e. The summed E-state index contributed by atoms with van der Waals surface area (Å²) in [5.41, 5.74) is 3.33. The minimum atomic E-state index is -0.944. The second-order valence-electron chi connectivity index (χ2n) is 10.5. The summed E-state index contributed by atoms with van der Waals surface area (Å²) in [6.07, 6.45) is -0.808. The van der Waals surface area contributed by atoms with Crippen LogP contribution >= 0.6 is 11.6 Å². The summed E-state index contributed by atoms with van der Waals surface area (Å²) in [5.74, 6) is -0.944. The summed E-state index contributed by atoms with van der Waals surface area (Å²) < 4.78 is 5.60. The third-order valence-electron chi connectivity index (χ3n) is 6.32. The number of aliphatic hydroxyl groups excluding tert-OH is 1. The van der Waals surface area contributed by atoms with Crippen molar-refractivity contribution in [3.8, 4) is 11.1 Å². The van der Waals surface area contributed by atoms with Crippen molar-refractivity contribution in [2.45, 2.75) is 38.9 Å². The highest BCUT2D eigenvalue weighted by molar-refractivity contribution is 6.30. The summed E-state index contributed by atoms with van der Waals surface area (Å²) in [7, 11) is 0. The normalized spacial score (nSPS) is 12.2. The fourth-order valence-corrected chi connectivity index (χ4v) is 4.50. The van der Waals surface area contributed by atoms with Crippen LogP contribution in [0.15, 0.2) is 84.9 Å². The number of nitrogens with zero attached hydrogens (tertiary/aromatic N) is 1. The Morgan fingerprint density at radius 1 is 0.897 bits per heavy atom. The number of benzene rings is 4. The summed E-state index contributed by atoms with van der Waals surface area (Å²) in [6.45, 7) is 5.88. The molecule has 6 nitrogen and oxygen atoms in total. The smallest absolute Gasteiger partial charge is 0.410 e. The average Bonchev–Trinajstić information content (AvgIpc) is 2.89. The Balaban J connectivity index is 1.46. The highest BCUT2D eigenvalue weighted by Crippen LogP contribution is 2.26. The topological polar surface area (TPSA) is 87.1 Å². The van der Waals surface area contributed by atoms with Crippen LogP contribution in [0.25, 0.3) is 21.9 Å². The zero-order valence-corrected chi connectivity index (χ0v) is 23.0. The molecular formula is C32H32ClNO5. The number of rotatable bonds is 8. The van der Waals surface area contributed by atoms with Crippen LogP contribution in [0.2, 0.25) is 5.02 Å². The number of aromatic carboxylic acids is 1. The molecular weight excluding hydrogens is 514 g/mol. The Morgan fingerprint density at radius 3 is 2.23 bits per heavy atom. The fraction of sp³-hybridized carbons (Fsp3) is 0.250. The number of carboxylic acids is 1. The molecule has 7 heteroatoms. The lowest BCUT2D eigenvalue weighted by Gasteiger charge is -2.29. The Morgan fingerprint density at radius 2 is 1.56 bits per heavy atom. The first-order valence-corrected chi connectivity index (χ1v) is 13.1. The number of halogens is 1. The molecule has 0 fully saturated rings. The Hall–Kier alpha value is -3.87. The molecule has 2 N–H and O–H groups in total. The molecule has 4 rings (SSSR count). The maximum atomic E-state index is 13.0. The summed E-state index contributed by atoms with van der Waals surface area (Å²) >= 11 is 6.08. The summed E-state index contributed by atoms with van der Waals surface area (Å²) in [5, 5.41) is 22.4. The Labute approximate surface area is 233 Å². The van der Waals surface area contributed by atoms with Crippen LogP contribution in [0, 0.1) is 0 Å². The van der Waals surface area contributed by atoms with Crippen molar-refractivity contribution in [1.82, 2.24) is 4.90 Å². The van der Waals surface area contributed by atoms with Gasteiger partial charge in [0.15, 0.2) is 0 Å². The van der Waals surface area contributed by atoms with Gasteiger partial charge in [-0.1, -0.05) is 66.2 Å². The standard InChI is InChI=1S/C32H32ClNO5/c1-32(2,3)39-31(38)34(20-29(35)26-5-4-6-28(33)19-26)16-15-21-7-9-22(10-8-21)23-11-12-25-18-27(30(36)37)14-13-24(25)17-23/h4-14,17-19,29,35H,15-16,20H2,1-3H3,(H,36,37)/t29-/m1/s1. The molecule has 202 valence electrons. The van der Waals surface area contributed by atoms with Crippen molar-refractivity contribution in [2.24, 2.45) is 0 Å². The molecule has 0 aliphatic carbocycles. The molecule has 0 saturated carbocycles. The third-order valence-corrected chi connectivity index (χ3v) is 6.56. The van der Waals surface area contributed by atoms with E-state index in [1.807, 2.05) is 69.3 Å². The molecule has 0 aliphatic heterocycles. The molecule has 1 amide bonds. The zero-order valence-electron chi connectivity index (χ0n) is 22.2. The maximum absolute atomic E-state index is 13.0. The second-order valence-corrected chi connectivity index (χ2v) is 11.0. The third kappa shape index (κ3) is 7.59. The van der Waals surface area contributed by atoms with Crippen LogP contribution in [0.3, 0.4) is 0 Å². The van der Waals surface area contributed by atoms with E-state index in [1.165, 1.54) is 4.90 Å². The van der Waals surface area contributed by atoms with Crippen molar-refractivity contribution in [3.63, 3.8) is 0 Å². The molecule has 39 heavy (non-hydrogen) atoms. The first kappa shape index (κ1) is 28.1. The van der Waals surface area contributed by atoms with Crippen LogP contribution < -0.4 is 0 Å². The zero-order chi connectivity index (χ0) is 28.2. The van der Waals surface area contributed by atoms with Gasteiger partial charge in [-0.25, -0.2) is 9.59 Å². The SMILES string of the molecule is CC(C)(C)OC(=O)N(CCc1ccc(-c2ccc3cc(C(=O)O)ccc3c2)cc1)C[C@@H](O)c1cccc(Cl)c1. The van der Waals surface area contributed by atoms with E-state index in [4.69, 9.17) is 16.3 Å². The predicted octanol–water partition coefficient (Wildman–Crippen LogP) is 7.37. The number of fused-ring (bicyclic) bond motifs is 1. The van der Waals surface area contributed by atoms with Gasteiger partial charge in [0.05, 0.1) is 18.2 Å². The lowest BCUT2D eigenvalue weighted by molar-refractivity contribution is 0.0147. The van der Waals surface area contributed by atoms with Crippen LogP contribution in [0.5, 0.6) is 0 Å². The van der Waals surface area contributed by atoms with Gasteiger partial charge in [0.1, 0.15) is 5.60 Å².